The van der Waals surface area contributed by atoms with Crippen molar-refractivity contribution >= 4 is 11.9 Å². The molecule has 0 saturated carbocycles. The van der Waals surface area contributed by atoms with E-state index in [1.807, 2.05) is 91.0 Å². The van der Waals surface area contributed by atoms with Crippen LogP contribution in [0.5, 0.6) is 0 Å². The molecule has 0 bridgehead atoms. The molecule has 0 aromatic heterocycles. The zero-order valence-electron chi connectivity index (χ0n) is 26.6. The molecule has 0 unspecified atom stereocenters. The van der Waals surface area contributed by atoms with E-state index in [1.54, 1.807) is 13.8 Å². The van der Waals surface area contributed by atoms with Gasteiger partial charge in [0.2, 0.25) is 0 Å². The van der Waals surface area contributed by atoms with Crippen molar-refractivity contribution in [3.8, 4) is 0 Å². The third kappa shape index (κ3) is 7.74. The summed E-state index contributed by atoms with van der Waals surface area (Å²) in [6, 6.07) is 29.4. The summed E-state index contributed by atoms with van der Waals surface area (Å²) >= 11 is 0. The summed E-state index contributed by atoms with van der Waals surface area (Å²) in [7, 11) is 2.63. The highest BCUT2D eigenvalue weighted by molar-refractivity contribution is 5.98. The van der Waals surface area contributed by atoms with Crippen molar-refractivity contribution in [3.63, 3.8) is 0 Å². The Bertz CT molecular complexity index is 1480. The molecular weight excluding hydrogens is 586 g/mol. The maximum atomic E-state index is 13.4. The number of benzene rings is 3. The summed E-state index contributed by atoms with van der Waals surface area (Å²) < 4.78 is 36.7. The molecule has 9 heteroatoms. The van der Waals surface area contributed by atoms with E-state index in [4.69, 9.17) is 28.4 Å². The van der Waals surface area contributed by atoms with Crippen molar-refractivity contribution in [2.24, 2.45) is 5.92 Å². The van der Waals surface area contributed by atoms with Crippen LogP contribution in [-0.4, -0.2) is 57.2 Å². The highest BCUT2D eigenvalue weighted by atomic mass is 16.6. The first-order valence-corrected chi connectivity index (χ1v) is 15.3. The Morgan fingerprint density at radius 3 is 1.65 bits per heavy atom. The summed E-state index contributed by atoms with van der Waals surface area (Å²) in [6.45, 7) is 4.61. The van der Waals surface area contributed by atoms with Crippen LogP contribution in [0.15, 0.2) is 114 Å². The molecule has 4 atom stereocenters. The van der Waals surface area contributed by atoms with E-state index in [0.717, 1.165) is 16.7 Å². The van der Waals surface area contributed by atoms with Crippen molar-refractivity contribution in [1.82, 2.24) is 5.32 Å². The second kappa shape index (κ2) is 15.8. The van der Waals surface area contributed by atoms with Crippen LogP contribution >= 0.6 is 0 Å². The van der Waals surface area contributed by atoms with Crippen molar-refractivity contribution in [1.29, 1.82) is 0 Å². The molecule has 242 valence electrons. The number of dihydropyridines is 1. The fourth-order valence-corrected chi connectivity index (χ4v) is 6.06. The lowest BCUT2D eigenvalue weighted by Crippen LogP contribution is -2.50. The molecule has 1 saturated heterocycles. The summed E-state index contributed by atoms with van der Waals surface area (Å²) in [4.78, 5) is 26.8. The summed E-state index contributed by atoms with van der Waals surface area (Å²) in [6.07, 6.45) is -2.69. The molecule has 9 nitrogen and oxygen atoms in total. The minimum absolute atomic E-state index is 0.192. The molecule has 0 radical (unpaired) electrons. The molecule has 0 spiro atoms. The number of carbonyl (C=O) groups is 2. The van der Waals surface area contributed by atoms with Gasteiger partial charge in [-0.1, -0.05) is 91.0 Å². The fraction of sp³-hybridized carbons (Fsp3) is 0.351. The van der Waals surface area contributed by atoms with Gasteiger partial charge < -0.3 is 33.7 Å². The Morgan fingerprint density at radius 1 is 0.717 bits per heavy atom. The molecule has 3 aromatic carbocycles. The molecule has 0 amide bonds. The zero-order chi connectivity index (χ0) is 32.5. The zero-order valence-corrected chi connectivity index (χ0v) is 26.6. The molecule has 1 fully saturated rings. The monoisotopic (exact) mass is 627 g/mol. The number of methoxy groups -OCH3 is 2. The molecule has 0 aliphatic carbocycles. The minimum atomic E-state index is -0.898. The van der Waals surface area contributed by atoms with Gasteiger partial charge in [-0.2, -0.15) is 0 Å². The second-order valence-corrected chi connectivity index (χ2v) is 11.3. The number of ether oxygens (including phenoxy) is 6. The van der Waals surface area contributed by atoms with Crippen LogP contribution in [0.1, 0.15) is 30.5 Å². The Kier molecular flexibility index (Phi) is 11.4. The highest BCUT2D eigenvalue weighted by Crippen LogP contribution is 2.40. The van der Waals surface area contributed by atoms with Crippen molar-refractivity contribution in [3.05, 3.63) is 130 Å². The number of hydrogen-bond donors (Lipinski definition) is 1. The number of hydrogen-bond acceptors (Lipinski definition) is 9. The van der Waals surface area contributed by atoms with Gasteiger partial charge in [0, 0.05) is 11.4 Å². The van der Waals surface area contributed by atoms with Gasteiger partial charge in [0.25, 0.3) is 0 Å². The van der Waals surface area contributed by atoms with Gasteiger partial charge in [0.05, 0.1) is 63.8 Å². The number of carbonyl (C=O) groups excluding carboxylic acids is 2. The molecule has 2 aliphatic rings. The maximum Gasteiger partial charge on any atom is 0.336 e. The standard InChI is InChI=1S/C37H41NO8/c1-24-30(36(39)41-3)32(31(25(2)38-24)37(40)42-4)34(45-22-28-18-12-7-13-19-28)35-33(44-21-27-16-10-6-11-17-27)29(23-46-35)43-20-26-14-8-5-9-15-26/h5-19,29,32-35,38H,20-23H2,1-4H3/t29-,33+,34-,35+/m0/s1. The van der Waals surface area contributed by atoms with Crippen LogP contribution in [0.25, 0.3) is 0 Å². The van der Waals surface area contributed by atoms with Crippen molar-refractivity contribution < 1.29 is 38.0 Å². The van der Waals surface area contributed by atoms with Crippen LogP contribution in [-0.2, 0) is 57.8 Å². The molecule has 1 N–H and O–H groups in total. The number of nitrogens with one attached hydrogen (secondary N) is 1. The van der Waals surface area contributed by atoms with Gasteiger partial charge in [0.15, 0.2) is 0 Å². The Hall–Kier alpha value is -4.28. The number of allylic oxidation sites excluding steroid dienone is 2. The van der Waals surface area contributed by atoms with E-state index in [9.17, 15) is 9.59 Å². The summed E-state index contributed by atoms with van der Waals surface area (Å²) in [5, 5.41) is 3.17. The topological polar surface area (TPSA) is 102 Å². The normalized spacial score (nSPS) is 20.7. The van der Waals surface area contributed by atoms with Crippen LogP contribution in [0.4, 0.5) is 0 Å². The van der Waals surface area contributed by atoms with E-state index < -0.39 is 42.3 Å². The molecular formula is C37H41NO8. The van der Waals surface area contributed by atoms with Gasteiger partial charge in [0.1, 0.15) is 18.3 Å². The van der Waals surface area contributed by atoms with E-state index in [2.05, 4.69) is 5.32 Å². The van der Waals surface area contributed by atoms with Gasteiger partial charge in [-0.05, 0) is 30.5 Å². The first kappa shape index (κ1) is 33.1. The van der Waals surface area contributed by atoms with E-state index in [0.29, 0.717) is 24.6 Å². The molecule has 46 heavy (non-hydrogen) atoms. The quantitative estimate of drug-likeness (QED) is 0.255. The van der Waals surface area contributed by atoms with Gasteiger partial charge in [-0.25, -0.2) is 9.59 Å². The third-order valence-electron chi connectivity index (χ3n) is 8.29. The van der Waals surface area contributed by atoms with Crippen LogP contribution in [0.2, 0.25) is 0 Å². The largest absolute Gasteiger partial charge is 0.466 e. The minimum Gasteiger partial charge on any atom is -0.466 e. The smallest absolute Gasteiger partial charge is 0.336 e. The van der Waals surface area contributed by atoms with Crippen LogP contribution in [0, 0.1) is 5.92 Å². The molecule has 3 aromatic rings. The number of esters is 2. The van der Waals surface area contributed by atoms with E-state index in [-0.39, 0.29) is 24.4 Å². The first-order valence-electron chi connectivity index (χ1n) is 15.3. The average molecular weight is 628 g/mol. The Balaban J connectivity index is 1.56. The van der Waals surface area contributed by atoms with Crippen molar-refractivity contribution in [2.45, 2.75) is 58.1 Å². The predicted octanol–water partition coefficient (Wildman–Crippen LogP) is 5.25. The average Bonchev–Trinajstić information content (AvgIpc) is 3.49. The van der Waals surface area contributed by atoms with Crippen LogP contribution in [0.3, 0.4) is 0 Å². The van der Waals surface area contributed by atoms with Crippen molar-refractivity contribution in [2.75, 3.05) is 20.8 Å². The summed E-state index contributed by atoms with van der Waals surface area (Å²) in [5.41, 5.74) is 4.52. The fourth-order valence-electron chi connectivity index (χ4n) is 6.06. The lowest BCUT2D eigenvalue weighted by Gasteiger charge is -2.38. The van der Waals surface area contributed by atoms with Gasteiger partial charge in [-0.3, -0.25) is 0 Å². The third-order valence-corrected chi connectivity index (χ3v) is 8.29. The second-order valence-electron chi connectivity index (χ2n) is 11.3. The van der Waals surface area contributed by atoms with E-state index >= 15 is 0 Å². The predicted molar refractivity (Wildman–Crippen MR) is 171 cm³/mol. The van der Waals surface area contributed by atoms with Crippen LogP contribution < -0.4 is 5.32 Å². The summed E-state index contributed by atoms with van der Waals surface area (Å²) in [5.74, 6) is -2.08. The molecule has 2 aliphatic heterocycles. The number of rotatable bonds is 13. The Morgan fingerprint density at radius 2 is 1.17 bits per heavy atom. The van der Waals surface area contributed by atoms with Gasteiger partial charge >= 0.3 is 11.9 Å². The lowest BCUT2D eigenvalue weighted by atomic mass is 9.78. The highest BCUT2D eigenvalue weighted by Gasteiger charge is 2.51. The first-order chi connectivity index (χ1) is 22.4. The van der Waals surface area contributed by atoms with E-state index in [1.165, 1.54) is 14.2 Å². The SMILES string of the molecule is COC(=O)C1=C(C)NC(C)=C(C(=O)OC)C1[C@H](OCc1ccccc1)[C@@H]1OC[C@H](OCc2ccccc2)[C@H]1OCc1ccccc1. The maximum absolute atomic E-state index is 13.4. The molecule has 5 rings (SSSR count). The Labute approximate surface area is 270 Å². The molecule has 2 heterocycles. The van der Waals surface area contributed by atoms with Gasteiger partial charge in [-0.15, -0.1) is 0 Å². The lowest BCUT2D eigenvalue weighted by molar-refractivity contribution is -0.146.